The second kappa shape index (κ2) is 5.72. The monoisotopic (exact) mass is 284 g/mol. The molecular weight excluding hydrogens is 264 g/mol. The first-order valence-corrected chi connectivity index (χ1v) is 7.60. The standard InChI is InChI=1S/C16H20N4O/c1-11-4-5-13(9-17)15(18-11)20-8-2-3-14(10-20)19-16(21)12-6-7-12/h4-5,12,14H,2-3,6-8,10H2,1H3,(H,19,21). The van der Waals surface area contributed by atoms with Crippen LogP contribution >= 0.6 is 0 Å². The van der Waals surface area contributed by atoms with E-state index in [-0.39, 0.29) is 17.9 Å². The van der Waals surface area contributed by atoms with Crippen LogP contribution in [0, 0.1) is 24.2 Å². The molecule has 2 fully saturated rings. The van der Waals surface area contributed by atoms with Gasteiger partial charge < -0.3 is 10.2 Å². The van der Waals surface area contributed by atoms with Crippen molar-refractivity contribution in [3.8, 4) is 6.07 Å². The maximum Gasteiger partial charge on any atom is 0.223 e. The summed E-state index contributed by atoms with van der Waals surface area (Å²) in [6.07, 6.45) is 4.07. The van der Waals surface area contributed by atoms with Gasteiger partial charge in [-0.15, -0.1) is 0 Å². The van der Waals surface area contributed by atoms with Crippen LogP contribution in [0.1, 0.15) is 36.9 Å². The number of amides is 1. The molecule has 1 saturated heterocycles. The van der Waals surface area contributed by atoms with Gasteiger partial charge in [-0.1, -0.05) is 0 Å². The van der Waals surface area contributed by atoms with Gasteiger partial charge >= 0.3 is 0 Å². The number of rotatable bonds is 3. The first kappa shape index (κ1) is 13.9. The molecule has 0 radical (unpaired) electrons. The van der Waals surface area contributed by atoms with Crippen molar-refractivity contribution < 1.29 is 4.79 Å². The molecule has 1 atom stereocenters. The van der Waals surface area contributed by atoms with Crippen LogP contribution in [-0.2, 0) is 4.79 Å². The molecule has 1 saturated carbocycles. The lowest BCUT2D eigenvalue weighted by Gasteiger charge is -2.34. The molecule has 3 rings (SSSR count). The molecular formula is C16H20N4O. The van der Waals surface area contributed by atoms with Crippen molar-refractivity contribution in [1.29, 1.82) is 5.26 Å². The van der Waals surface area contributed by atoms with E-state index in [9.17, 15) is 10.1 Å². The zero-order valence-electron chi connectivity index (χ0n) is 12.3. The van der Waals surface area contributed by atoms with Gasteiger partial charge in [-0.2, -0.15) is 5.26 Å². The Hall–Kier alpha value is -2.09. The van der Waals surface area contributed by atoms with Crippen LogP contribution in [0.25, 0.3) is 0 Å². The molecule has 2 aliphatic rings. The summed E-state index contributed by atoms with van der Waals surface area (Å²) < 4.78 is 0. The van der Waals surface area contributed by atoms with Crippen LogP contribution in [0.2, 0.25) is 0 Å². The third-order valence-corrected chi connectivity index (χ3v) is 4.15. The number of nitrogens with zero attached hydrogens (tertiary/aromatic N) is 3. The molecule has 110 valence electrons. The van der Waals surface area contributed by atoms with Crippen molar-refractivity contribution in [1.82, 2.24) is 10.3 Å². The summed E-state index contributed by atoms with van der Waals surface area (Å²) in [5, 5.41) is 12.4. The Bertz CT molecular complexity index is 588. The van der Waals surface area contributed by atoms with E-state index in [4.69, 9.17) is 0 Å². The van der Waals surface area contributed by atoms with E-state index >= 15 is 0 Å². The highest BCUT2D eigenvalue weighted by molar-refractivity contribution is 5.81. The Kier molecular flexibility index (Phi) is 3.78. The third kappa shape index (κ3) is 3.15. The number of nitrogens with one attached hydrogen (secondary N) is 1. The van der Waals surface area contributed by atoms with Gasteiger partial charge in [-0.3, -0.25) is 4.79 Å². The lowest BCUT2D eigenvalue weighted by Crippen LogP contribution is -2.48. The number of aromatic nitrogens is 1. The van der Waals surface area contributed by atoms with Crippen molar-refractivity contribution in [2.45, 2.75) is 38.6 Å². The number of anilines is 1. The zero-order chi connectivity index (χ0) is 14.8. The van der Waals surface area contributed by atoms with Crippen LogP contribution in [-0.4, -0.2) is 30.0 Å². The fourth-order valence-corrected chi connectivity index (χ4v) is 2.82. The second-order valence-electron chi connectivity index (χ2n) is 6.00. The predicted octanol–water partition coefficient (Wildman–Crippen LogP) is 1.76. The quantitative estimate of drug-likeness (QED) is 0.918. The van der Waals surface area contributed by atoms with Crippen molar-refractivity contribution in [2.75, 3.05) is 18.0 Å². The van der Waals surface area contributed by atoms with Gasteiger partial charge in [-0.25, -0.2) is 4.98 Å². The molecule has 21 heavy (non-hydrogen) atoms. The molecule has 0 spiro atoms. The number of nitriles is 1. The molecule has 0 aromatic carbocycles. The van der Waals surface area contributed by atoms with Gasteiger partial charge in [0, 0.05) is 30.7 Å². The van der Waals surface area contributed by atoms with E-state index in [0.717, 1.165) is 50.3 Å². The van der Waals surface area contributed by atoms with Gasteiger partial charge in [0.15, 0.2) is 0 Å². The summed E-state index contributed by atoms with van der Waals surface area (Å²) >= 11 is 0. The molecule has 1 aliphatic heterocycles. The number of hydrogen-bond acceptors (Lipinski definition) is 4. The van der Waals surface area contributed by atoms with E-state index < -0.39 is 0 Å². The minimum Gasteiger partial charge on any atom is -0.353 e. The summed E-state index contributed by atoms with van der Waals surface area (Å²) in [4.78, 5) is 18.5. The topological polar surface area (TPSA) is 69.0 Å². The van der Waals surface area contributed by atoms with Crippen molar-refractivity contribution in [3.63, 3.8) is 0 Å². The SMILES string of the molecule is Cc1ccc(C#N)c(N2CCCC(NC(=O)C3CC3)C2)n1. The van der Waals surface area contributed by atoms with Crippen LogP contribution in [0.15, 0.2) is 12.1 Å². The Labute approximate surface area is 125 Å². The molecule has 1 amide bonds. The number of hydrogen-bond donors (Lipinski definition) is 1. The predicted molar refractivity (Wildman–Crippen MR) is 79.8 cm³/mol. The summed E-state index contributed by atoms with van der Waals surface area (Å²) in [7, 11) is 0. The zero-order valence-corrected chi connectivity index (χ0v) is 12.3. The molecule has 1 aliphatic carbocycles. The number of pyridine rings is 1. The fraction of sp³-hybridized carbons (Fsp3) is 0.562. The first-order chi connectivity index (χ1) is 10.2. The Morgan fingerprint density at radius 3 is 2.95 bits per heavy atom. The van der Waals surface area contributed by atoms with Crippen LogP contribution < -0.4 is 10.2 Å². The van der Waals surface area contributed by atoms with Crippen LogP contribution in [0.4, 0.5) is 5.82 Å². The Morgan fingerprint density at radius 1 is 1.43 bits per heavy atom. The number of aryl methyl sites for hydroxylation is 1. The third-order valence-electron chi connectivity index (χ3n) is 4.15. The number of carbonyl (C=O) groups excluding carboxylic acids is 1. The van der Waals surface area contributed by atoms with E-state index in [1.807, 2.05) is 19.1 Å². The maximum absolute atomic E-state index is 11.9. The lowest BCUT2D eigenvalue weighted by atomic mass is 10.0. The van der Waals surface area contributed by atoms with Crippen molar-refractivity contribution in [2.24, 2.45) is 5.92 Å². The largest absolute Gasteiger partial charge is 0.353 e. The summed E-state index contributed by atoms with van der Waals surface area (Å²) in [5.74, 6) is 1.19. The van der Waals surface area contributed by atoms with Crippen LogP contribution in [0.3, 0.4) is 0 Å². The highest BCUT2D eigenvalue weighted by Crippen LogP contribution is 2.29. The minimum absolute atomic E-state index is 0.167. The van der Waals surface area contributed by atoms with Crippen molar-refractivity contribution >= 4 is 11.7 Å². The van der Waals surface area contributed by atoms with E-state index in [0.29, 0.717) is 5.56 Å². The van der Waals surface area contributed by atoms with E-state index in [2.05, 4.69) is 21.3 Å². The first-order valence-electron chi connectivity index (χ1n) is 7.60. The maximum atomic E-state index is 11.9. The summed E-state index contributed by atoms with van der Waals surface area (Å²) in [5.41, 5.74) is 1.52. The molecule has 0 bridgehead atoms. The normalized spacial score (nSPS) is 21.7. The summed E-state index contributed by atoms with van der Waals surface area (Å²) in [6, 6.07) is 6.06. The summed E-state index contributed by atoms with van der Waals surface area (Å²) in [6.45, 7) is 3.56. The van der Waals surface area contributed by atoms with Gasteiger partial charge in [0.1, 0.15) is 11.9 Å². The molecule has 1 aromatic rings. The minimum atomic E-state index is 0.167. The van der Waals surface area contributed by atoms with E-state index in [1.54, 1.807) is 0 Å². The number of piperidine rings is 1. The molecule has 1 unspecified atom stereocenters. The molecule has 2 heterocycles. The van der Waals surface area contributed by atoms with Gasteiger partial charge in [0.2, 0.25) is 5.91 Å². The molecule has 1 N–H and O–H groups in total. The van der Waals surface area contributed by atoms with E-state index in [1.165, 1.54) is 0 Å². The average molecular weight is 284 g/mol. The second-order valence-corrected chi connectivity index (χ2v) is 6.00. The van der Waals surface area contributed by atoms with Gasteiger partial charge in [0.05, 0.1) is 5.56 Å². The molecule has 1 aromatic heterocycles. The highest BCUT2D eigenvalue weighted by atomic mass is 16.2. The van der Waals surface area contributed by atoms with Crippen molar-refractivity contribution in [3.05, 3.63) is 23.4 Å². The van der Waals surface area contributed by atoms with Gasteiger partial charge in [0.25, 0.3) is 0 Å². The molecule has 5 nitrogen and oxygen atoms in total. The fourth-order valence-electron chi connectivity index (χ4n) is 2.82. The van der Waals surface area contributed by atoms with Crippen LogP contribution in [0.5, 0.6) is 0 Å². The Morgan fingerprint density at radius 2 is 2.24 bits per heavy atom. The smallest absolute Gasteiger partial charge is 0.223 e. The molecule has 5 heteroatoms. The highest BCUT2D eigenvalue weighted by Gasteiger charge is 2.32. The Balaban J connectivity index is 1.72. The number of carbonyl (C=O) groups is 1. The lowest BCUT2D eigenvalue weighted by molar-refractivity contribution is -0.123. The van der Waals surface area contributed by atoms with Gasteiger partial charge in [-0.05, 0) is 44.7 Å². The average Bonchev–Trinajstić information content (AvgIpc) is 3.32.